The minimum Gasteiger partial charge on any atom is -0.478 e. The number of rotatable bonds is 7. The van der Waals surface area contributed by atoms with Gasteiger partial charge >= 0.3 is 5.97 Å². The van der Waals surface area contributed by atoms with E-state index in [1.165, 1.54) is 24.3 Å². The summed E-state index contributed by atoms with van der Waals surface area (Å²) in [4.78, 5) is 10.4. The van der Waals surface area contributed by atoms with Crippen LogP contribution in [-0.4, -0.2) is 26.0 Å². The number of halogens is 1. The lowest BCUT2D eigenvalue weighted by atomic mass is 10.1. The second kappa shape index (κ2) is 7.59. The van der Waals surface area contributed by atoms with Crippen molar-refractivity contribution in [1.82, 2.24) is 4.72 Å². The fourth-order valence-corrected chi connectivity index (χ4v) is 3.20. The maximum Gasteiger partial charge on any atom is 0.328 e. The minimum atomic E-state index is -3.67. The van der Waals surface area contributed by atoms with Crippen LogP contribution in [0.3, 0.4) is 0 Å². The van der Waals surface area contributed by atoms with Crippen molar-refractivity contribution < 1.29 is 18.3 Å². The summed E-state index contributed by atoms with van der Waals surface area (Å²) < 4.78 is 26.8. The second-order valence-corrected chi connectivity index (χ2v) is 6.87. The molecular weight excluding hydrogens is 314 g/mol. The molecule has 0 aliphatic heterocycles. The van der Waals surface area contributed by atoms with Gasteiger partial charge in [0.1, 0.15) is 4.90 Å². The van der Waals surface area contributed by atoms with Gasteiger partial charge < -0.3 is 5.11 Å². The quantitative estimate of drug-likeness (QED) is 0.752. The Hall–Kier alpha value is -1.37. The molecule has 0 fully saturated rings. The molecule has 0 heterocycles. The Labute approximate surface area is 129 Å². The molecule has 0 aromatic heterocycles. The molecule has 0 saturated heterocycles. The SMILES string of the molecule is CCC(C)CNS(=O)(=O)c1ccc(C=CC(=O)O)cc1Cl. The highest BCUT2D eigenvalue weighted by atomic mass is 35.5. The molecule has 1 aromatic rings. The molecule has 0 amide bonds. The molecule has 1 aromatic carbocycles. The number of carboxylic acid groups (broad SMARTS) is 1. The van der Waals surface area contributed by atoms with Crippen LogP contribution in [0.2, 0.25) is 5.02 Å². The zero-order chi connectivity index (χ0) is 16.0. The van der Waals surface area contributed by atoms with Crippen LogP contribution in [0.5, 0.6) is 0 Å². The summed E-state index contributed by atoms with van der Waals surface area (Å²) in [7, 11) is -3.67. The molecule has 1 unspecified atom stereocenters. The zero-order valence-electron chi connectivity index (χ0n) is 11.8. The summed E-state index contributed by atoms with van der Waals surface area (Å²) in [6, 6.07) is 4.28. The largest absolute Gasteiger partial charge is 0.478 e. The average Bonchev–Trinajstić information content (AvgIpc) is 2.42. The lowest BCUT2D eigenvalue weighted by Gasteiger charge is -2.12. The topological polar surface area (TPSA) is 83.5 Å². The van der Waals surface area contributed by atoms with Crippen molar-refractivity contribution in [2.24, 2.45) is 5.92 Å². The third kappa shape index (κ3) is 5.49. The third-order valence-corrected chi connectivity index (χ3v) is 4.89. The number of hydrogen-bond acceptors (Lipinski definition) is 3. The smallest absolute Gasteiger partial charge is 0.328 e. The van der Waals surface area contributed by atoms with Crippen LogP contribution in [0.1, 0.15) is 25.8 Å². The Morgan fingerprint density at radius 2 is 2.14 bits per heavy atom. The van der Waals surface area contributed by atoms with Crippen molar-refractivity contribution >= 4 is 33.7 Å². The van der Waals surface area contributed by atoms with E-state index in [0.717, 1.165) is 12.5 Å². The molecule has 1 atom stereocenters. The first-order valence-corrected chi connectivity index (χ1v) is 8.32. The van der Waals surface area contributed by atoms with Gasteiger partial charge in [-0.3, -0.25) is 0 Å². The summed E-state index contributed by atoms with van der Waals surface area (Å²) in [6.45, 7) is 4.27. The predicted octanol–water partition coefficient (Wildman–Crippen LogP) is 2.76. The van der Waals surface area contributed by atoms with Crippen LogP contribution in [0.25, 0.3) is 6.08 Å². The highest BCUT2D eigenvalue weighted by Crippen LogP contribution is 2.23. The first-order chi connectivity index (χ1) is 9.76. The average molecular weight is 332 g/mol. The van der Waals surface area contributed by atoms with E-state index in [1.807, 2.05) is 13.8 Å². The van der Waals surface area contributed by atoms with E-state index in [4.69, 9.17) is 16.7 Å². The maximum absolute atomic E-state index is 12.1. The lowest BCUT2D eigenvalue weighted by molar-refractivity contribution is -0.131. The van der Waals surface area contributed by atoms with Crippen molar-refractivity contribution in [2.75, 3.05) is 6.54 Å². The van der Waals surface area contributed by atoms with Crippen LogP contribution in [0.15, 0.2) is 29.2 Å². The Morgan fingerprint density at radius 1 is 1.48 bits per heavy atom. The van der Waals surface area contributed by atoms with Crippen molar-refractivity contribution in [3.63, 3.8) is 0 Å². The van der Waals surface area contributed by atoms with E-state index in [2.05, 4.69) is 4.72 Å². The standard InChI is InChI=1S/C14H18ClNO4S/c1-3-10(2)9-16-21(19,20)13-6-4-11(8-12(13)15)5-7-14(17)18/h4-8,10,16H,3,9H2,1-2H3,(H,17,18). The van der Waals surface area contributed by atoms with Gasteiger partial charge in [-0.15, -0.1) is 0 Å². The molecular formula is C14H18ClNO4S. The molecule has 0 bridgehead atoms. The second-order valence-electron chi connectivity index (χ2n) is 4.73. The Balaban J connectivity index is 2.96. The number of benzene rings is 1. The van der Waals surface area contributed by atoms with Gasteiger partial charge in [0, 0.05) is 12.6 Å². The number of sulfonamides is 1. The molecule has 0 radical (unpaired) electrons. The van der Waals surface area contributed by atoms with E-state index < -0.39 is 16.0 Å². The van der Waals surface area contributed by atoms with Gasteiger partial charge in [-0.25, -0.2) is 17.9 Å². The zero-order valence-corrected chi connectivity index (χ0v) is 13.4. The molecule has 116 valence electrons. The summed E-state index contributed by atoms with van der Waals surface area (Å²) in [5, 5.41) is 8.60. The molecule has 1 rings (SSSR count). The molecule has 2 N–H and O–H groups in total. The van der Waals surface area contributed by atoms with Gasteiger partial charge in [-0.05, 0) is 29.7 Å². The van der Waals surface area contributed by atoms with Gasteiger partial charge in [0.05, 0.1) is 5.02 Å². The maximum atomic E-state index is 12.1. The summed E-state index contributed by atoms with van der Waals surface area (Å²) in [5.41, 5.74) is 0.517. The van der Waals surface area contributed by atoms with E-state index in [1.54, 1.807) is 0 Å². The molecule has 0 spiro atoms. The fourth-order valence-electron chi connectivity index (χ4n) is 1.48. The highest BCUT2D eigenvalue weighted by molar-refractivity contribution is 7.89. The van der Waals surface area contributed by atoms with E-state index in [-0.39, 0.29) is 15.8 Å². The monoisotopic (exact) mass is 331 g/mol. The highest BCUT2D eigenvalue weighted by Gasteiger charge is 2.18. The van der Waals surface area contributed by atoms with Gasteiger partial charge in [0.2, 0.25) is 10.0 Å². The third-order valence-electron chi connectivity index (χ3n) is 2.98. The first kappa shape index (κ1) is 17.7. The van der Waals surface area contributed by atoms with Crippen LogP contribution >= 0.6 is 11.6 Å². The van der Waals surface area contributed by atoms with Crippen LogP contribution < -0.4 is 4.72 Å². The van der Waals surface area contributed by atoms with E-state index >= 15 is 0 Å². The molecule has 0 aliphatic carbocycles. The van der Waals surface area contributed by atoms with Crippen LogP contribution in [0.4, 0.5) is 0 Å². The summed E-state index contributed by atoms with van der Waals surface area (Å²) in [6.07, 6.45) is 3.17. The van der Waals surface area contributed by atoms with E-state index in [9.17, 15) is 13.2 Å². The molecule has 7 heteroatoms. The van der Waals surface area contributed by atoms with Crippen LogP contribution in [-0.2, 0) is 14.8 Å². The number of carbonyl (C=O) groups is 1. The molecule has 0 saturated carbocycles. The number of aliphatic carboxylic acids is 1. The molecule has 5 nitrogen and oxygen atoms in total. The van der Waals surface area contributed by atoms with E-state index in [0.29, 0.717) is 12.1 Å². The number of carboxylic acids is 1. The predicted molar refractivity (Wildman–Crippen MR) is 82.8 cm³/mol. The van der Waals surface area contributed by atoms with Crippen molar-refractivity contribution in [3.8, 4) is 0 Å². The summed E-state index contributed by atoms with van der Waals surface area (Å²) in [5.74, 6) is -0.852. The minimum absolute atomic E-state index is 0.0139. The summed E-state index contributed by atoms with van der Waals surface area (Å²) >= 11 is 5.98. The number of hydrogen-bond donors (Lipinski definition) is 2. The fraction of sp³-hybridized carbons (Fsp3) is 0.357. The normalized spacial score (nSPS) is 13.5. The van der Waals surface area contributed by atoms with Crippen molar-refractivity contribution in [3.05, 3.63) is 34.9 Å². The lowest BCUT2D eigenvalue weighted by Crippen LogP contribution is -2.28. The van der Waals surface area contributed by atoms with Gasteiger partial charge in [0.15, 0.2) is 0 Å². The van der Waals surface area contributed by atoms with Gasteiger partial charge in [-0.2, -0.15) is 0 Å². The Kier molecular flexibility index (Phi) is 6.39. The Morgan fingerprint density at radius 3 is 2.67 bits per heavy atom. The number of nitrogens with one attached hydrogen (secondary N) is 1. The molecule has 0 aliphatic rings. The van der Waals surface area contributed by atoms with Crippen LogP contribution in [0, 0.1) is 5.92 Å². The molecule has 21 heavy (non-hydrogen) atoms. The first-order valence-electron chi connectivity index (χ1n) is 6.46. The Bertz CT molecular complexity index is 640. The van der Waals surface area contributed by atoms with Crippen molar-refractivity contribution in [2.45, 2.75) is 25.2 Å². The van der Waals surface area contributed by atoms with Gasteiger partial charge in [-0.1, -0.05) is 37.9 Å². The van der Waals surface area contributed by atoms with Gasteiger partial charge in [0.25, 0.3) is 0 Å². The van der Waals surface area contributed by atoms with Crippen molar-refractivity contribution in [1.29, 1.82) is 0 Å².